The smallest absolute Gasteiger partial charge is 0.661 e. The van der Waals surface area contributed by atoms with Gasteiger partial charge in [-0.25, -0.2) is 0 Å². The van der Waals surface area contributed by atoms with Crippen molar-refractivity contribution in [1.29, 1.82) is 0 Å². The van der Waals surface area contributed by atoms with Crippen molar-refractivity contribution in [2.75, 3.05) is 20.6 Å². The summed E-state index contributed by atoms with van der Waals surface area (Å²) in [6.07, 6.45) is 2.10. The van der Waals surface area contributed by atoms with Crippen LogP contribution in [0.15, 0.2) is 40.1 Å². The summed E-state index contributed by atoms with van der Waals surface area (Å²) in [6, 6.07) is 0. The minimum atomic E-state index is 0. The minimum Gasteiger partial charge on any atom is -0.661 e. The van der Waals surface area contributed by atoms with E-state index in [1.54, 1.807) is 7.05 Å². The molecule has 0 aromatic rings. The summed E-state index contributed by atoms with van der Waals surface area (Å²) < 4.78 is 0. The molecule has 3 nitrogen and oxygen atoms in total. The van der Waals surface area contributed by atoms with Crippen molar-refractivity contribution in [1.82, 2.24) is 5.32 Å². The molecule has 0 rings (SSSR count). The molecule has 20 heavy (non-hydrogen) atoms. The topological polar surface area (TPSA) is 38.5 Å². The molecular formula is C16H30KN3. The normalized spacial score (nSPS) is 10.8. The fourth-order valence-corrected chi connectivity index (χ4v) is 1.20. The van der Waals surface area contributed by atoms with Crippen LogP contribution in [0.1, 0.15) is 41.5 Å². The van der Waals surface area contributed by atoms with Crippen molar-refractivity contribution in [2.24, 2.45) is 4.99 Å². The number of nitrogens with zero attached hydrogens (tertiary/aromatic N) is 2. The van der Waals surface area contributed by atoms with Crippen LogP contribution in [0.3, 0.4) is 0 Å². The maximum absolute atomic E-state index is 4.16. The van der Waals surface area contributed by atoms with Crippen LogP contribution in [-0.2, 0) is 0 Å². The van der Waals surface area contributed by atoms with Gasteiger partial charge in [0.2, 0.25) is 0 Å². The predicted molar refractivity (Wildman–Crippen MR) is 88.9 cm³/mol. The summed E-state index contributed by atoms with van der Waals surface area (Å²) in [5.41, 5.74) is 4.46. The molecule has 110 valence electrons. The van der Waals surface area contributed by atoms with Gasteiger partial charge in [0.15, 0.2) is 0 Å². The molecule has 0 atom stereocenters. The molecule has 0 aliphatic carbocycles. The van der Waals surface area contributed by atoms with E-state index in [0.717, 1.165) is 22.7 Å². The van der Waals surface area contributed by atoms with Crippen LogP contribution in [0.2, 0.25) is 0 Å². The van der Waals surface area contributed by atoms with Gasteiger partial charge in [0.05, 0.1) is 5.84 Å². The first kappa shape index (κ1) is 25.3. The molecule has 0 saturated heterocycles. The van der Waals surface area contributed by atoms with Crippen LogP contribution in [0.5, 0.6) is 0 Å². The van der Waals surface area contributed by atoms with E-state index in [9.17, 15) is 0 Å². The summed E-state index contributed by atoms with van der Waals surface area (Å²) in [5.74, 6) is 0.895. The first-order valence-electron chi connectivity index (χ1n) is 6.72. The standard InChI is InChI=1S/C14H24N3.C2H6.K/c1-10(2)13(9-15-6)8-14(11(3)4)17-12(5)16-7;1-2;/h8H,1,9H2,2-7H3,(H,16,17);1-2H3;/q-1;;+1/b13-8-;;. The zero-order chi connectivity index (χ0) is 15.4. The monoisotopic (exact) mass is 303 g/mol. The van der Waals surface area contributed by atoms with E-state index < -0.39 is 0 Å². The first-order chi connectivity index (χ1) is 8.92. The van der Waals surface area contributed by atoms with Crippen LogP contribution >= 0.6 is 0 Å². The fraction of sp³-hybridized carbons (Fsp3) is 0.562. The molecule has 0 aromatic carbocycles. The van der Waals surface area contributed by atoms with Gasteiger partial charge in [-0.3, -0.25) is 4.99 Å². The Morgan fingerprint density at radius 2 is 1.70 bits per heavy atom. The number of allylic oxidation sites excluding steroid dienone is 2. The molecule has 0 fully saturated rings. The van der Waals surface area contributed by atoms with Crippen LogP contribution in [-0.4, -0.2) is 26.5 Å². The maximum Gasteiger partial charge on any atom is 1.00 e. The third-order valence-electron chi connectivity index (χ3n) is 2.38. The largest absolute Gasteiger partial charge is 1.00 e. The van der Waals surface area contributed by atoms with Crippen molar-refractivity contribution in [3.8, 4) is 0 Å². The molecule has 0 radical (unpaired) electrons. The second kappa shape index (κ2) is 15.7. The molecule has 0 saturated carbocycles. The molecule has 0 aliphatic rings. The number of aliphatic imine (C=N–C) groups is 1. The fourth-order valence-electron chi connectivity index (χ4n) is 1.20. The van der Waals surface area contributed by atoms with Crippen molar-refractivity contribution < 1.29 is 51.4 Å². The van der Waals surface area contributed by atoms with Crippen LogP contribution < -0.4 is 56.7 Å². The van der Waals surface area contributed by atoms with Crippen LogP contribution in [0, 0.1) is 0 Å². The summed E-state index contributed by atoms with van der Waals surface area (Å²) in [4.78, 5) is 4.11. The van der Waals surface area contributed by atoms with Gasteiger partial charge in [0.25, 0.3) is 0 Å². The van der Waals surface area contributed by atoms with Crippen molar-refractivity contribution in [2.45, 2.75) is 41.5 Å². The molecule has 0 amide bonds. The average Bonchev–Trinajstić information content (AvgIpc) is 2.38. The Labute approximate surface area is 168 Å². The van der Waals surface area contributed by atoms with Gasteiger partial charge >= 0.3 is 51.4 Å². The van der Waals surface area contributed by atoms with E-state index in [1.807, 2.05) is 34.7 Å². The second-order valence-electron chi connectivity index (χ2n) is 4.27. The Balaban J connectivity index is -0.000000916. The first-order valence-corrected chi connectivity index (χ1v) is 6.72. The predicted octanol–water partition coefficient (Wildman–Crippen LogP) is 1.45. The van der Waals surface area contributed by atoms with Gasteiger partial charge in [-0.15, -0.1) is 6.54 Å². The van der Waals surface area contributed by atoms with E-state index in [4.69, 9.17) is 0 Å². The Kier molecular flexibility index (Phi) is 19.8. The number of hydrogen-bond donors (Lipinski definition) is 1. The molecular weight excluding hydrogens is 273 g/mol. The second-order valence-corrected chi connectivity index (χ2v) is 4.27. The third kappa shape index (κ3) is 12.1. The number of likely N-dealkylation sites (N-methyl/N-ethyl adjacent to an activating group) is 1. The summed E-state index contributed by atoms with van der Waals surface area (Å²) in [6.45, 7) is 16.8. The van der Waals surface area contributed by atoms with E-state index in [-0.39, 0.29) is 51.4 Å². The quantitative estimate of drug-likeness (QED) is 0.355. The molecule has 1 N–H and O–H groups in total. The molecule has 0 aromatic heterocycles. The Hall–Kier alpha value is 0.286. The summed E-state index contributed by atoms with van der Waals surface area (Å²) >= 11 is 0. The van der Waals surface area contributed by atoms with Gasteiger partial charge in [-0.05, 0) is 33.8 Å². The van der Waals surface area contributed by atoms with Crippen molar-refractivity contribution in [3.05, 3.63) is 40.4 Å². The molecule has 4 heteroatoms. The number of amidine groups is 1. The summed E-state index contributed by atoms with van der Waals surface area (Å²) in [7, 11) is 3.58. The minimum absolute atomic E-state index is 0. The van der Waals surface area contributed by atoms with Crippen LogP contribution in [0.4, 0.5) is 0 Å². The molecule has 0 unspecified atom stereocenters. The SMILES string of the molecule is C=C(C)/C(=C\C(NC(C)=NC)=C(C)C)C[N-]C.CC.[K+]. The Morgan fingerprint density at radius 3 is 2.00 bits per heavy atom. The van der Waals surface area contributed by atoms with Gasteiger partial charge in [-0.2, -0.15) is 7.05 Å². The van der Waals surface area contributed by atoms with E-state index >= 15 is 0 Å². The zero-order valence-electron chi connectivity index (χ0n) is 14.9. The van der Waals surface area contributed by atoms with Crippen molar-refractivity contribution >= 4 is 5.84 Å². The van der Waals surface area contributed by atoms with Crippen LogP contribution in [0.25, 0.3) is 5.32 Å². The van der Waals surface area contributed by atoms with Crippen molar-refractivity contribution in [3.63, 3.8) is 0 Å². The van der Waals surface area contributed by atoms with E-state index in [2.05, 4.69) is 42.1 Å². The average molecular weight is 304 g/mol. The zero-order valence-corrected chi connectivity index (χ0v) is 18.0. The van der Waals surface area contributed by atoms with Gasteiger partial charge < -0.3 is 10.6 Å². The van der Waals surface area contributed by atoms with E-state index in [0.29, 0.717) is 6.54 Å². The maximum atomic E-state index is 4.16. The van der Waals surface area contributed by atoms with Gasteiger partial charge in [-0.1, -0.05) is 37.1 Å². The number of hydrogen-bond acceptors (Lipinski definition) is 1. The molecule has 0 heterocycles. The van der Waals surface area contributed by atoms with E-state index in [1.165, 1.54) is 5.57 Å². The number of rotatable bonds is 5. The summed E-state index contributed by atoms with van der Waals surface area (Å²) in [5, 5.41) is 7.44. The van der Waals surface area contributed by atoms with Gasteiger partial charge in [0.1, 0.15) is 0 Å². The number of nitrogens with one attached hydrogen (secondary N) is 1. The Morgan fingerprint density at radius 1 is 1.20 bits per heavy atom. The third-order valence-corrected chi connectivity index (χ3v) is 2.38. The van der Waals surface area contributed by atoms with Gasteiger partial charge in [0, 0.05) is 12.7 Å². The molecule has 0 aliphatic heterocycles. The molecule has 0 bridgehead atoms. The molecule has 0 spiro atoms. The Bertz CT molecular complexity index is 362.